The zero-order valence-corrected chi connectivity index (χ0v) is 14.0. The third kappa shape index (κ3) is 4.39. The summed E-state index contributed by atoms with van der Waals surface area (Å²) in [4.78, 5) is 12.9. The van der Waals surface area contributed by atoms with Crippen LogP contribution in [0.25, 0.3) is 0 Å². The summed E-state index contributed by atoms with van der Waals surface area (Å²) in [5, 5.41) is 0. The Kier molecular flexibility index (Phi) is 4.93. The predicted molar refractivity (Wildman–Crippen MR) is 82.9 cm³/mol. The largest absolute Gasteiger partial charge is 0.453 e. The van der Waals surface area contributed by atoms with Crippen molar-refractivity contribution in [3.63, 3.8) is 0 Å². The van der Waals surface area contributed by atoms with Crippen molar-refractivity contribution in [2.45, 2.75) is 22.4 Å². The number of nitrogens with zero attached hydrogens (tertiary/aromatic N) is 1. The average molecular weight is 353 g/mol. The summed E-state index contributed by atoms with van der Waals surface area (Å²) in [5.74, 6) is 0. The van der Waals surface area contributed by atoms with Crippen LogP contribution in [-0.2, 0) is 21.6 Å². The van der Waals surface area contributed by atoms with Crippen molar-refractivity contribution in [3.05, 3.63) is 35.4 Å². The lowest BCUT2D eigenvalue weighted by Gasteiger charge is -2.20. The van der Waals surface area contributed by atoms with E-state index in [1.165, 1.54) is 12.0 Å². The molecule has 1 saturated heterocycles. The molecule has 0 N–H and O–H groups in total. The van der Waals surface area contributed by atoms with Gasteiger partial charge in [-0.3, -0.25) is 0 Å². The Labute approximate surface area is 138 Å². The van der Waals surface area contributed by atoms with Gasteiger partial charge in [0.15, 0.2) is 3.79 Å². The van der Waals surface area contributed by atoms with E-state index in [4.69, 9.17) is 39.5 Å². The van der Waals surface area contributed by atoms with E-state index in [9.17, 15) is 4.79 Å². The number of ether oxygens (including phenoxy) is 2. The molecule has 1 atom stereocenters. The van der Waals surface area contributed by atoms with Crippen molar-refractivity contribution in [3.8, 4) is 0 Å². The first kappa shape index (κ1) is 16.7. The molecular formula is C14H16Cl3NO3. The highest BCUT2D eigenvalue weighted by atomic mass is 35.6. The van der Waals surface area contributed by atoms with Gasteiger partial charge >= 0.3 is 6.09 Å². The summed E-state index contributed by atoms with van der Waals surface area (Å²) in [7, 11) is 3.02. The molecule has 4 nitrogen and oxygen atoms in total. The van der Waals surface area contributed by atoms with Gasteiger partial charge in [-0.1, -0.05) is 59.1 Å². The number of hydrogen-bond acceptors (Lipinski definition) is 3. The van der Waals surface area contributed by atoms with Gasteiger partial charge in [-0.05, 0) is 11.1 Å². The van der Waals surface area contributed by atoms with Crippen molar-refractivity contribution in [2.24, 2.45) is 0 Å². The van der Waals surface area contributed by atoms with Crippen LogP contribution >= 0.6 is 34.8 Å². The van der Waals surface area contributed by atoms with Crippen LogP contribution in [0.1, 0.15) is 17.5 Å². The number of alkyl halides is 3. The second-order valence-corrected chi connectivity index (χ2v) is 7.62. The third-order valence-electron chi connectivity index (χ3n) is 3.34. The van der Waals surface area contributed by atoms with Crippen LogP contribution < -0.4 is 0 Å². The van der Waals surface area contributed by atoms with E-state index in [1.807, 2.05) is 24.3 Å². The quantitative estimate of drug-likeness (QED) is 0.610. The van der Waals surface area contributed by atoms with Crippen molar-refractivity contribution < 1.29 is 14.3 Å². The highest BCUT2D eigenvalue weighted by Crippen LogP contribution is 2.49. The van der Waals surface area contributed by atoms with Crippen LogP contribution in [0.5, 0.6) is 0 Å². The first-order valence-electron chi connectivity index (χ1n) is 6.35. The van der Waals surface area contributed by atoms with Crippen LogP contribution in [0.4, 0.5) is 4.79 Å². The Bertz CT molecular complexity index is 526. The van der Waals surface area contributed by atoms with E-state index in [2.05, 4.69) is 4.74 Å². The Morgan fingerprint density at radius 1 is 1.48 bits per heavy atom. The number of carbonyl (C=O) groups is 1. The summed E-state index contributed by atoms with van der Waals surface area (Å²) in [6.45, 7) is 0.960. The lowest BCUT2D eigenvalue weighted by atomic mass is 9.95. The van der Waals surface area contributed by atoms with Crippen molar-refractivity contribution >= 4 is 40.9 Å². The molecule has 1 heterocycles. The minimum Gasteiger partial charge on any atom is -0.453 e. The number of halogens is 3. The Morgan fingerprint density at radius 2 is 2.14 bits per heavy atom. The van der Waals surface area contributed by atoms with Crippen LogP contribution in [0.3, 0.4) is 0 Å². The van der Waals surface area contributed by atoms with Crippen LogP contribution in [0, 0.1) is 0 Å². The second kappa shape index (κ2) is 6.21. The molecule has 0 saturated carbocycles. The van der Waals surface area contributed by atoms with Gasteiger partial charge in [-0.15, -0.1) is 0 Å². The van der Waals surface area contributed by atoms with E-state index in [0.717, 1.165) is 11.1 Å². The van der Waals surface area contributed by atoms with Crippen molar-refractivity contribution in [1.82, 2.24) is 4.90 Å². The van der Waals surface area contributed by atoms with Gasteiger partial charge in [0, 0.05) is 20.0 Å². The average Bonchev–Trinajstić information content (AvgIpc) is 3.16. The van der Waals surface area contributed by atoms with Gasteiger partial charge in [0.25, 0.3) is 0 Å². The molecule has 1 unspecified atom stereocenters. The molecule has 2 rings (SSSR count). The number of rotatable bonds is 4. The van der Waals surface area contributed by atoms with Crippen molar-refractivity contribution in [2.75, 3.05) is 20.8 Å². The molecule has 0 spiro atoms. The molecule has 1 aliphatic heterocycles. The molecule has 1 amide bonds. The first-order chi connectivity index (χ1) is 9.76. The SMILES string of the molecule is COC(=O)N(C)Cc1cccc(C2(CC(Cl)(Cl)Cl)CO2)c1. The fourth-order valence-corrected chi connectivity index (χ4v) is 2.88. The summed E-state index contributed by atoms with van der Waals surface area (Å²) in [6, 6.07) is 7.72. The zero-order chi connectivity index (χ0) is 15.7. The molecule has 0 aromatic heterocycles. The smallest absolute Gasteiger partial charge is 0.409 e. The highest BCUT2D eigenvalue weighted by molar-refractivity contribution is 6.67. The molecule has 1 fully saturated rings. The van der Waals surface area contributed by atoms with Crippen LogP contribution in [0.15, 0.2) is 24.3 Å². The maximum Gasteiger partial charge on any atom is 0.409 e. The van der Waals surface area contributed by atoms with E-state index in [1.54, 1.807) is 7.05 Å². The highest BCUT2D eigenvalue weighted by Gasteiger charge is 2.51. The van der Waals surface area contributed by atoms with Gasteiger partial charge in [-0.25, -0.2) is 4.79 Å². The van der Waals surface area contributed by atoms with E-state index >= 15 is 0 Å². The Morgan fingerprint density at radius 3 is 2.67 bits per heavy atom. The maximum absolute atomic E-state index is 11.4. The van der Waals surface area contributed by atoms with E-state index in [0.29, 0.717) is 19.6 Å². The molecule has 0 bridgehead atoms. The summed E-state index contributed by atoms with van der Waals surface area (Å²) < 4.78 is 8.83. The van der Waals surface area contributed by atoms with Crippen LogP contribution in [-0.4, -0.2) is 35.6 Å². The van der Waals surface area contributed by atoms with Gasteiger partial charge in [0.05, 0.1) is 13.7 Å². The maximum atomic E-state index is 11.4. The van der Waals surface area contributed by atoms with Gasteiger partial charge < -0.3 is 14.4 Å². The lowest BCUT2D eigenvalue weighted by molar-refractivity contribution is 0.131. The normalized spacial score (nSPS) is 21.0. The monoisotopic (exact) mass is 351 g/mol. The number of benzene rings is 1. The molecule has 1 aliphatic rings. The molecule has 1 aromatic carbocycles. The topological polar surface area (TPSA) is 42.1 Å². The zero-order valence-electron chi connectivity index (χ0n) is 11.7. The number of amides is 1. The molecule has 7 heteroatoms. The fourth-order valence-electron chi connectivity index (χ4n) is 2.23. The third-order valence-corrected chi connectivity index (χ3v) is 3.74. The summed E-state index contributed by atoms with van der Waals surface area (Å²) >= 11 is 17.6. The molecule has 116 valence electrons. The minimum atomic E-state index is -1.37. The number of epoxide rings is 1. The first-order valence-corrected chi connectivity index (χ1v) is 7.48. The molecule has 0 aliphatic carbocycles. The molecule has 0 radical (unpaired) electrons. The molecule has 1 aromatic rings. The second-order valence-electron chi connectivity index (χ2n) is 5.10. The molecule has 21 heavy (non-hydrogen) atoms. The standard InChI is InChI=1S/C14H16Cl3NO3/c1-18(12(19)20-2)7-10-4-3-5-11(6-10)13(9-21-13)8-14(15,16)17/h3-6H,7-9H2,1-2H3. The number of carbonyl (C=O) groups excluding carboxylic acids is 1. The summed E-state index contributed by atoms with van der Waals surface area (Å²) in [6.07, 6.45) is -0.0971. The predicted octanol–water partition coefficient (Wildman–Crippen LogP) is 3.87. The lowest BCUT2D eigenvalue weighted by Crippen LogP contribution is -2.26. The van der Waals surface area contributed by atoms with E-state index in [-0.39, 0.29) is 6.09 Å². The number of methoxy groups -OCH3 is 1. The van der Waals surface area contributed by atoms with Gasteiger partial charge in [0.2, 0.25) is 0 Å². The van der Waals surface area contributed by atoms with Crippen molar-refractivity contribution in [1.29, 1.82) is 0 Å². The van der Waals surface area contributed by atoms with Gasteiger partial charge in [0.1, 0.15) is 5.60 Å². The Balaban J connectivity index is 2.13. The molecular weight excluding hydrogens is 337 g/mol. The van der Waals surface area contributed by atoms with Gasteiger partial charge in [-0.2, -0.15) is 0 Å². The summed E-state index contributed by atoms with van der Waals surface area (Å²) in [5.41, 5.74) is 1.37. The fraction of sp³-hybridized carbons (Fsp3) is 0.500. The van der Waals surface area contributed by atoms with E-state index < -0.39 is 9.39 Å². The van der Waals surface area contributed by atoms with Crippen LogP contribution in [0.2, 0.25) is 0 Å². The minimum absolute atomic E-state index is 0.293. The Hall–Kier alpha value is -0.680. The number of hydrogen-bond donors (Lipinski definition) is 0.